The summed E-state index contributed by atoms with van der Waals surface area (Å²) < 4.78 is 5.60. The van der Waals surface area contributed by atoms with Crippen molar-refractivity contribution in [1.82, 2.24) is 4.90 Å². The van der Waals surface area contributed by atoms with Gasteiger partial charge in [0.2, 0.25) is 0 Å². The summed E-state index contributed by atoms with van der Waals surface area (Å²) in [7, 11) is 0. The number of carbonyl (C=O) groups is 1. The molecule has 0 radical (unpaired) electrons. The van der Waals surface area contributed by atoms with Gasteiger partial charge >= 0.3 is 5.97 Å². The van der Waals surface area contributed by atoms with Gasteiger partial charge < -0.3 is 9.84 Å². The average molecular weight is 263 g/mol. The number of hydrogen-bond donors (Lipinski definition) is 1. The minimum atomic E-state index is -0.692. The molecule has 0 aliphatic carbocycles. The van der Waals surface area contributed by atoms with E-state index < -0.39 is 5.97 Å². The molecule has 1 aliphatic rings. The number of rotatable bonds is 7. The van der Waals surface area contributed by atoms with Gasteiger partial charge in [-0.05, 0) is 31.4 Å². The minimum absolute atomic E-state index is 0.283. The van der Waals surface area contributed by atoms with Gasteiger partial charge in [0.05, 0.1) is 6.61 Å². The number of benzene rings is 1. The second-order valence-corrected chi connectivity index (χ2v) is 4.92. The zero-order valence-corrected chi connectivity index (χ0v) is 11.1. The Balaban J connectivity index is 1.60. The van der Waals surface area contributed by atoms with Gasteiger partial charge in [0.25, 0.3) is 0 Å². The molecule has 1 atom stereocenters. The van der Waals surface area contributed by atoms with Crippen molar-refractivity contribution in [3.05, 3.63) is 35.9 Å². The molecular weight excluding hydrogens is 242 g/mol. The Morgan fingerprint density at radius 3 is 2.89 bits per heavy atom. The Kier molecular flexibility index (Phi) is 5.36. The molecular formula is C15H21NO3. The first-order chi connectivity index (χ1) is 9.27. The summed E-state index contributed by atoms with van der Waals surface area (Å²) in [5.74, 6) is -0.692. The van der Waals surface area contributed by atoms with E-state index in [0.29, 0.717) is 13.2 Å². The number of likely N-dealkylation sites (tertiary alicyclic amines) is 1. The van der Waals surface area contributed by atoms with Gasteiger partial charge in [-0.15, -0.1) is 0 Å². The summed E-state index contributed by atoms with van der Waals surface area (Å²) in [4.78, 5) is 13.1. The van der Waals surface area contributed by atoms with Crippen LogP contribution in [-0.2, 0) is 16.1 Å². The van der Waals surface area contributed by atoms with Crippen molar-refractivity contribution in [1.29, 1.82) is 0 Å². The number of ether oxygens (including phenoxy) is 1. The quantitative estimate of drug-likeness (QED) is 0.766. The molecule has 0 unspecified atom stereocenters. The van der Waals surface area contributed by atoms with Crippen LogP contribution in [0.15, 0.2) is 30.3 Å². The van der Waals surface area contributed by atoms with Crippen LogP contribution in [0.5, 0.6) is 0 Å². The monoisotopic (exact) mass is 263 g/mol. The number of nitrogens with zero attached hydrogens (tertiary/aromatic N) is 1. The molecule has 0 spiro atoms. The van der Waals surface area contributed by atoms with Crippen molar-refractivity contribution < 1.29 is 14.6 Å². The number of carboxylic acids is 1. The van der Waals surface area contributed by atoms with Gasteiger partial charge in [-0.3, -0.25) is 9.69 Å². The maximum absolute atomic E-state index is 11.0. The van der Waals surface area contributed by atoms with Crippen LogP contribution >= 0.6 is 0 Å². The third kappa shape index (κ3) is 4.33. The zero-order chi connectivity index (χ0) is 13.5. The molecule has 2 rings (SSSR count). The SMILES string of the molecule is O=C(O)[C@@H]1CCCN1CCCOCc1ccccc1. The molecule has 1 fully saturated rings. The highest BCUT2D eigenvalue weighted by Gasteiger charge is 2.29. The third-order valence-corrected chi connectivity index (χ3v) is 3.49. The summed E-state index contributed by atoms with van der Waals surface area (Å²) in [5, 5.41) is 9.06. The van der Waals surface area contributed by atoms with Gasteiger partial charge in [0.1, 0.15) is 6.04 Å². The van der Waals surface area contributed by atoms with Crippen LogP contribution in [0.3, 0.4) is 0 Å². The predicted octanol–water partition coefficient (Wildman–Crippen LogP) is 2.14. The molecule has 0 aromatic heterocycles. The van der Waals surface area contributed by atoms with E-state index in [4.69, 9.17) is 9.84 Å². The molecule has 0 saturated carbocycles. The van der Waals surface area contributed by atoms with Gasteiger partial charge in [-0.2, -0.15) is 0 Å². The minimum Gasteiger partial charge on any atom is -0.480 e. The van der Waals surface area contributed by atoms with E-state index in [1.54, 1.807) is 0 Å². The Hall–Kier alpha value is -1.39. The summed E-state index contributed by atoms with van der Waals surface area (Å²) in [5.41, 5.74) is 1.17. The van der Waals surface area contributed by atoms with Crippen LogP contribution in [0.4, 0.5) is 0 Å². The first-order valence-corrected chi connectivity index (χ1v) is 6.86. The summed E-state index contributed by atoms with van der Waals surface area (Å²) in [6.07, 6.45) is 2.65. The fraction of sp³-hybridized carbons (Fsp3) is 0.533. The molecule has 4 heteroatoms. The first-order valence-electron chi connectivity index (χ1n) is 6.86. The highest BCUT2D eigenvalue weighted by molar-refractivity contribution is 5.73. The van der Waals surface area contributed by atoms with Crippen LogP contribution < -0.4 is 0 Å². The van der Waals surface area contributed by atoms with E-state index >= 15 is 0 Å². The lowest BCUT2D eigenvalue weighted by molar-refractivity contribution is -0.142. The van der Waals surface area contributed by atoms with Gasteiger partial charge in [-0.25, -0.2) is 0 Å². The lowest BCUT2D eigenvalue weighted by Gasteiger charge is -2.20. The van der Waals surface area contributed by atoms with E-state index in [1.807, 2.05) is 35.2 Å². The largest absolute Gasteiger partial charge is 0.480 e. The molecule has 1 aromatic carbocycles. The fourth-order valence-electron chi connectivity index (χ4n) is 2.51. The smallest absolute Gasteiger partial charge is 0.320 e. The normalized spacial score (nSPS) is 19.7. The third-order valence-electron chi connectivity index (χ3n) is 3.49. The number of carboxylic acid groups (broad SMARTS) is 1. The average Bonchev–Trinajstić information content (AvgIpc) is 2.88. The van der Waals surface area contributed by atoms with Gasteiger partial charge in [0.15, 0.2) is 0 Å². The number of hydrogen-bond acceptors (Lipinski definition) is 3. The molecule has 19 heavy (non-hydrogen) atoms. The Morgan fingerprint density at radius 1 is 1.37 bits per heavy atom. The van der Waals surface area contributed by atoms with Gasteiger partial charge in [0, 0.05) is 13.2 Å². The van der Waals surface area contributed by atoms with E-state index in [9.17, 15) is 4.79 Å². The Morgan fingerprint density at radius 2 is 2.16 bits per heavy atom. The molecule has 1 saturated heterocycles. The fourth-order valence-corrected chi connectivity index (χ4v) is 2.51. The van der Waals surface area contributed by atoms with E-state index in [1.165, 1.54) is 5.56 Å². The van der Waals surface area contributed by atoms with Gasteiger partial charge in [-0.1, -0.05) is 30.3 Å². The Labute approximate surface area is 114 Å². The summed E-state index contributed by atoms with van der Waals surface area (Å²) in [6, 6.07) is 9.79. The highest BCUT2D eigenvalue weighted by Crippen LogP contribution is 2.17. The van der Waals surface area contributed by atoms with Crippen LogP contribution in [0.1, 0.15) is 24.8 Å². The van der Waals surface area contributed by atoms with Crippen molar-refractivity contribution in [3.8, 4) is 0 Å². The summed E-state index contributed by atoms with van der Waals surface area (Å²) in [6.45, 7) is 3.02. The highest BCUT2D eigenvalue weighted by atomic mass is 16.5. The van der Waals surface area contributed by atoms with Crippen molar-refractivity contribution in [2.24, 2.45) is 0 Å². The van der Waals surface area contributed by atoms with Crippen molar-refractivity contribution in [3.63, 3.8) is 0 Å². The second kappa shape index (κ2) is 7.26. The molecule has 4 nitrogen and oxygen atoms in total. The van der Waals surface area contributed by atoms with Crippen molar-refractivity contribution in [2.45, 2.75) is 31.9 Å². The Bertz CT molecular complexity index is 394. The second-order valence-electron chi connectivity index (χ2n) is 4.92. The molecule has 104 valence electrons. The van der Waals surface area contributed by atoms with E-state index in [0.717, 1.165) is 32.4 Å². The maximum Gasteiger partial charge on any atom is 0.320 e. The van der Waals surface area contributed by atoms with Crippen LogP contribution in [-0.4, -0.2) is 41.7 Å². The predicted molar refractivity (Wildman–Crippen MR) is 72.9 cm³/mol. The molecule has 1 aromatic rings. The zero-order valence-electron chi connectivity index (χ0n) is 11.1. The van der Waals surface area contributed by atoms with Crippen molar-refractivity contribution in [2.75, 3.05) is 19.7 Å². The number of aliphatic carboxylic acids is 1. The molecule has 0 amide bonds. The lowest BCUT2D eigenvalue weighted by atomic mass is 10.2. The lowest BCUT2D eigenvalue weighted by Crippen LogP contribution is -2.36. The topological polar surface area (TPSA) is 49.8 Å². The van der Waals surface area contributed by atoms with Crippen molar-refractivity contribution >= 4 is 5.97 Å². The standard InChI is InChI=1S/C15H21NO3/c17-15(18)14-8-4-9-16(14)10-5-11-19-12-13-6-2-1-3-7-13/h1-3,6-7,14H,4-5,8-12H2,(H,17,18)/t14-/m0/s1. The molecule has 1 heterocycles. The molecule has 1 N–H and O–H groups in total. The van der Waals surface area contributed by atoms with E-state index in [-0.39, 0.29) is 6.04 Å². The van der Waals surface area contributed by atoms with Crippen LogP contribution in [0, 0.1) is 0 Å². The maximum atomic E-state index is 11.0. The first kappa shape index (κ1) is 14.0. The summed E-state index contributed by atoms with van der Waals surface area (Å²) >= 11 is 0. The molecule has 0 bridgehead atoms. The van der Waals surface area contributed by atoms with E-state index in [2.05, 4.69) is 0 Å². The van der Waals surface area contributed by atoms with Crippen LogP contribution in [0.25, 0.3) is 0 Å². The van der Waals surface area contributed by atoms with Crippen LogP contribution in [0.2, 0.25) is 0 Å². The molecule has 1 aliphatic heterocycles.